The van der Waals surface area contributed by atoms with E-state index in [0.717, 1.165) is 12.8 Å². The minimum atomic E-state index is -0.870. The highest BCUT2D eigenvalue weighted by Crippen LogP contribution is 2.19. The van der Waals surface area contributed by atoms with Crippen LogP contribution < -0.4 is 0 Å². The fraction of sp³-hybridized carbons (Fsp3) is 0.818. The minimum Gasteiger partial charge on any atom is -0.480 e. The highest BCUT2D eigenvalue weighted by molar-refractivity contribution is 5.84. The van der Waals surface area contributed by atoms with Crippen molar-refractivity contribution in [1.82, 2.24) is 4.90 Å². The molecule has 0 radical (unpaired) electrons. The molecule has 86 valence electrons. The molecule has 1 heterocycles. The Morgan fingerprint density at radius 2 is 2.13 bits per heavy atom. The van der Waals surface area contributed by atoms with E-state index in [4.69, 9.17) is 5.11 Å². The van der Waals surface area contributed by atoms with Gasteiger partial charge in [0.05, 0.1) is 0 Å². The molecule has 0 aromatic carbocycles. The fourth-order valence-electron chi connectivity index (χ4n) is 1.88. The molecule has 1 unspecified atom stereocenters. The molecule has 0 spiro atoms. The highest BCUT2D eigenvalue weighted by Gasteiger charge is 2.33. The summed E-state index contributed by atoms with van der Waals surface area (Å²) in [5, 5.41) is 8.92. The van der Waals surface area contributed by atoms with Gasteiger partial charge in [-0.25, -0.2) is 4.79 Å². The summed E-state index contributed by atoms with van der Waals surface area (Å²) in [6.45, 7) is 4.73. The molecule has 0 bridgehead atoms. The molecule has 1 fully saturated rings. The first-order valence-electron chi connectivity index (χ1n) is 5.54. The first-order valence-corrected chi connectivity index (χ1v) is 5.54. The predicted molar refractivity (Wildman–Crippen MR) is 56.4 cm³/mol. The number of amides is 1. The maximum absolute atomic E-state index is 11.7. The van der Waals surface area contributed by atoms with Crippen molar-refractivity contribution < 1.29 is 14.7 Å². The summed E-state index contributed by atoms with van der Waals surface area (Å²) in [5.41, 5.74) is 0. The molecule has 15 heavy (non-hydrogen) atoms. The number of carbonyl (C=O) groups is 2. The molecular formula is C11H19NO3. The predicted octanol–water partition coefficient (Wildman–Crippen LogP) is 1.50. The molecular weight excluding hydrogens is 194 g/mol. The van der Waals surface area contributed by atoms with Gasteiger partial charge in [-0.15, -0.1) is 0 Å². The van der Waals surface area contributed by atoms with Crippen LogP contribution in [-0.4, -0.2) is 34.5 Å². The molecule has 1 aliphatic rings. The largest absolute Gasteiger partial charge is 0.480 e. The molecule has 4 heteroatoms. The number of carbonyl (C=O) groups excluding carboxylic acids is 1. The van der Waals surface area contributed by atoms with Crippen molar-refractivity contribution in [3.05, 3.63) is 0 Å². The lowest BCUT2D eigenvalue weighted by Gasteiger charge is -2.21. The third-order valence-electron chi connectivity index (χ3n) is 2.79. The van der Waals surface area contributed by atoms with Crippen LogP contribution in [0, 0.1) is 5.92 Å². The summed E-state index contributed by atoms with van der Waals surface area (Å²) < 4.78 is 0. The van der Waals surface area contributed by atoms with E-state index in [1.54, 1.807) is 0 Å². The SMILES string of the molecule is CC(C)CCC(=O)N1CCCC1C(=O)O. The zero-order valence-corrected chi connectivity index (χ0v) is 9.40. The topological polar surface area (TPSA) is 57.6 Å². The van der Waals surface area contributed by atoms with Gasteiger partial charge in [0.2, 0.25) is 5.91 Å². The van der Waals surface area contributed by atoms with Gasteiger partial charge >= 0.3 is 5.97 Å². The number of carboxylic acids is 1. The maximum atomic E-state index is 11.7. The molecule has 1 aliphatic heterocycles. The number of rotatable bonds is 4. The monoisotopic (exact) mass is 213 g/mol. The molecule has 1 N–H and O–H groups in total. The number of aliphatic carboxylic acids is 1. The van der Waals surface area contributed by atoms with Crippen LogP contribution in [0.15, 0.2) is 0 Å². The maximum Gasteiger partial charge on any atom is 0.326 e. The van der Waals surface area contributed by atoms with Crippen LogP contribution in [0.1, 0.15) is 39.5 Å². The average molecular weight is 213 g/mol. The van der Waals surface area contributed by atoms with Crippen molar-refractivity contribution in [1.29, 1.82) is 0 Å². The van der Waals surface area contributed by atoms with Crippen LogP contribution in [-0.2, 0) is 9.59 Å². The normalized spacial score (nSPS) is 21.0. The van der Waals surface area contributed by atoms with E-state index >= 15 is 0 Å². The van der Waals surface area contributed by atoms with Gasteiger partial charge in [-0.05, 0) is 25.2 Å². The molecule has 0 aromatic rings. The Hall–Kier alpha value is -1.06. The van der Waals surface area contributed by atoms with E-state index in [2.05, 4.69) is 13.8 Å². The van der Waals surface area contributed by atoms with E-state index in [1.807, 2.05) is 0 Å². The highest BCUT2D eigenvalue weighted by atomic mass is 16.4. The second-order valence-electron chi connectivity index (χ2n) is 4.52. The number of hydrogen-bond acceptors (Lipinski definition) is 2. The van der Waals surface area contributed by atoms with E-state index in [0.29, 0.717) is 25.3 Å². The number of nitrogens with zero attached hydrogens (tertiary/aromatic N) is 1. The summed E-state index contributed by atoms with van der Waals surface area (Å²) in [4.78, 5) is 24.1. The molecule has 0 aromatic heterocycles. The van der Waals surface area contributed by atoms with Crippen molar-refractivity contribution in [3.8, 4) is 0 Å². The van der Waals surface area contributed by atoms with Crippen molar-refractivity contribution in [2.24, 2.45) is 5.92 Å². The summed E-state index contributed by atoms with van der Waals surface area (Å²) in [6.07, 6.45) is 2.72. The molecule has 0 saturated carbocycles. The number of likely N-dealkylation sites (tertiary alicyclic amines) is 1. The fourth-order valence-corrected chi connectivity index (χ4v) is 1.88. The second-order valence-corrected chi connectivity index (χ2v) is 4.52. The van der Waals surface area contributed by atoms with Crippen LogP contribution in [0.2, 0.25) is 0 Å². The summed E-state index contributed by atoms with van der Waals surface area (Å²) >= 11 is 0. The molecule has 1 atom stereocenters. The standard InChI is InChI=1S/C11H19NO3/c1-8(2)5-6-10(13)12-7-3-4-9(12)11(14)15/h8-9H,3-7H2,1-2H3,(H,14,15). The van der Waals surface area contributed by atoms with Crippen LogP contribution in [0.5, 0.6) is 0 Å². The van der Waals surface area contributed by atoms with Gasteiger partial charge < -0.3 is 10.0 Å². The Morgan fingerprint density at radius 1 is 1.47 bits per heavy atom. The number of carboxylic acid groups (broad SMARTS) is 1. The summed E-state index contributed by atoms with van der Waals surface area (Å²) in [6, 6.07) is -0.579. The van der Waals surface area contributed by atoms with Crippen LogP contribution in [0.25, 0.3) is 0 Å². The molecule has 1 rings (SSSR count). The van der Waals surface area contributed by atoms with Gasteiger partial charge in [0.1, 0.15) is 6.04 Å². The minimum absolute atomic E-state index is 0.00593. The zero-order chi connectivity index (χ0) is 11.4. The quantitative estimate of drug-likeness (QED) is 0.769. The van der Waals surface area contributed by atoms with Gasteiger partial charge in [0, 0.05) is 13.0 Å². The van der Waals surface area contributed by atoms with Gasteiger partial charge in [0.15, 0.2) is 0 Å². The van der Waals surface area contributed by atoms with E-state index in [1.165, 1.54) is 4.90 Å². The van der Waals surface area contributed by atoms with Crippen molar-refractivity contribution in [2.45, 2.75) is 45.6 Å². The van der Waals surface area contributed by atoms with Crippen LogP contribution in [0.3, 0.4) is 0 Å². The third kappa shape index (κ3) is 3.22. The number of hydrogen-bond donors (Lipinski definition) is 1. The Kier molecular flexibility index (Phi) is 4.12. The summed E-state index contributed by atoms with van der Waals surface area (Å²) in [5.74, 6) is -0.390. The Labute approximate surface area is 90.3 Å². The van der Waals surface area contributed by atoms with Crippen molar-refractivity contribution in [3.63, 3.8) is 0 Å². The van der Waals surface area contributed by atoms with E-state index < -0.39 is 12.0 Å². The zero-order valence-electron chi connectivity index (χ0n) is 9.40. The van der Waals surface area contributed by atoms with E-state index in [9.17, 15) is 9.59 Å². The van der Waals surface area contributed by atoms with Gasteiger partial charge in [-0.1, -0.05) is 13.8 Å². The Morgan fingerprint density at radius 3 is 2.67 bits per heavy atom. The lowest BCUT2D eigenvalue weighted by atomic mass is 10.1. The third-order valence-corrected chi connectivity index (χ3v) is 2.79. The average Bonchev–Trinajstić information content (AvgIpc) is 2.62. The molecule has 1 saturated heterocycles. The van der Waals surface area contributed by atoms with Crippen molar-refractivity contribution in [2.75, 3.05) is 6.54 Å². The van der Waals surface area contributed by atoms with Gasteiger partial charge in [0.25, 0.3) is 0 Å². The van der Waals surface area contributed by atoms with Gasteiger partial charge in [-0.3, -0.25) is 4.79 Å². The van der Waals surface area contributed by atoms with Crippen molar-refractivity contribution >= 4 is 11.9 Å². The van der Waals surface area contributed by atoms with Crippen LogP contribution >= 0.6 is 0 Å². The first kappa shape index (κ1) is 12.0. The molecule has 4 nitrogen and oxygen atoms in total. The van der Waals surface area contributed by atoms with Crippen LogP contribution in [0.4, 0.5) is 0 Å². The molecule has 0 aliphatic carbocycles. The second kappa shape index (κ2) is 5.14. The Balaban J connectivity index is 2.47. The Bertz CT molecular complexity index is 250. The summed E-state index contributed by atoms with van der Waals surface area (Å²) in [7, 11) is 0. The first-order chi connectivity index (χ1) is 7.02. The van der Waals surface area contributed by atoms with E-state index in [-0.39, 0.29) is 5.91 Å². The lowest BCUT2D eigenvalue weighted by Crippen LogP contribution is -2.40. The van der Waals surface area contributed by atoms with Gasteiger partial charge in [-0.2, -0.15) is 0 Å². The lowest BCUT2D eigenvalue weighted by molar-refractivity contribution is -0.148. The molecule has 1 amide bonds. The smallest absolute Gasteiger partial charge is 0.326 e.